The van der Waals surface area contributed by atoms with Crippen molar-refractivity contribution in [2.45, 2.75) is 12.8 Å². The molecule has 4 heteroatoms. The Balaban J connectivity index is 2.11. The Morgan fingerprint density at radius 1 is 1.19 bits per heavy atom. The Morgan fingerprint density at radius 2 is 1.94 bits per heavy atom. The molecule has 0 atom stereocenters. The van der Waals surface area contributed by atoms with Crippen molar-refractivity contribution in [2.24, 2.45) is 0 Å². The molecular weight excluding hydrogens is 208 g/mol. The smallest absolute Gasteiger partial charge is 0.344 e. The van der Waals surface area contributed by atoms with Crippen LogP contribution < -0.4 is 4.74 Å². The Hall–Kier alpha value is -1.55. The fourth-order valence-corrected chi connectivity index (χ4v) is 1.10. The standard InChI is InChI=1S/C12H16O4/c13-8-4-5-9-15-12(14)10-16-11-6-2-1-3-7-11/h1-3,6-7,13H,4-5,8-10H2. The molecular formula is C12H16O4. The van der Waals surface area contributed by atoms with Crippen LogP contribution in [0.5, 0.6) is 5.75 Å². The average molecular weight is 224 g/mol. The van der Waals surface area contributed by atoms with E-state index >= 15 is 0 Å². The molecule has 0 bridgehead atoms. The molecule has 1 aromatic carbocycles. The molecule has 0 aliphatic carbocycles. The van der Waals surface area contributed by atoms with Crippen LogP contribution in [0.4, 0.5) is 0 Å². The number of ether oxygens (including phenoxy) is 2. The van der Waals surface area contributed by atoms with Crippen LogP contribution in [-0.2, 0) is 9.53 Å². The lowest BCUT2D eigenvalue weighted by Crippen LogP contribution is -2.15. The SMILES string of the molecule is O=C(COc1ccccc1)OCCCCO. The van der Waals surface area contributed by atoms with Gasteiger partial charge in [0.15, 0.2) is 6.61 Å². The molecule has 0 saturated carbocycles. The average Bonchev–Trinajstić information content (AvgIpc) is 2.33. The maximum absolute atomic E-state index is 11.2. The van der Waals surface area contributed by atoms with Crippen molar-refractivity contribution >= 4 is 5.97 Å². The Kier molecular flexibility index (Phi) is 6.03. The van der Waals surface area contributed by atoms with E-state index in [-0.39, 0.29) is 19.2 Å². The molecule has 88 valence electrons. The first-order valence-electron chi connectivity index (χ1n) is 5.27. The van der Waals surface area contributed by atoms with Crippen molar-refractivity contribution in [3.05, 3.63) is 30.3 Å². The third-order valence-corrected chi connectivity index (χ3v) is 1.92. The van der Waals surface area contributed by atoms with Gasteiger partial charge in [0.2, 0.25) is 0 Å². The van der Waals surface area contributed by atoms with Gasteiger partial charge in [-0.1, -0.05) is 18.2 Å². The second kappa shape index (κ2) is 7.70. The van der Waals surface area contributed by atoms with Gasteiger partial charge in [0.25, 0.3) is 0 Å². The van der Waals surface area contributed by atoms with E-state index in [1.165, 1.54) is 0 Å². The zero-order chi connectivity index (χ0) is 11.6. The molecule has 1 aromatic rings. The lowest BCUT2D eigenvalue weighted by Gasteiger charge is -2.06. The van der Waals surface area contributed by atoms with Gasteiger partial charge in [0.1, 0.15) is 5.75 Å². The number of esters is 1. The van der Waals surface area contributed by atoms with Gasteiger partial charge in [0, 0.05) is 6.61 Å². The number of hydrogen-bond donors (Lipinski definition) is 1. The van der Waals surface area contributed by atoms with Crippen molar-refractivity contribution in [1.82, 2.24) is 0 Å². The van der Waals surface area contributed by atoms with E-state index in [9.17, 15) is 4.79 Å². The summed E-state index contributed by atoms with van der Waals surface area (Å²) in [5, 5.41) is 8.52. The van der Waals surface area contributed by atoms with E-state index in [1.807, 2.05) is 18.2 Å². The zero-order valence-corrected chi connectivity index (χ0v) is 9.09. The molecule has 0 unspecified atom stereocenters. The molecule has 0 radical (unpaired) electrons. The molecule has 0 spiro atoms. The zero-order valence-electron chi connectivity index (χ0n) is 9.09. The van der Waals surface area contributed by atoms with Crippen molar-refractivity contribution in [2.75, 3.05) is 19.8 Å². The quantitative estimate of drug-likeness (QED) is 0.561. The van der Waals surface area contributed by atoms with Crippen molar-refractivity contribution in [1.29, 1.82) is 0 Å². The first-order chi connectivity index (χ1) is 7.83. The Labute approximate surface area is 94.8 Å². The molecule has 16 heavy (non-hydrogen) atoms. The van der Waals surface area contributed by atoms with Gasteiger partial charge < -0.3 is 14.6 Å². The second-order valence-electron chi connectivity index (χ2n) is 3.25. The molecule has 0 saturated heterocycles. The van der Waals surface area contributed by atoms with Gasteiger partial charge in [-0.25, -0.2) is 4.79 Å². The number of aliphatic hydroxyl groups excluding tert-OH is 1. The van der Waals surface area contributed by atoms with E-state index in [0.29, 0.717) is 25.2 Å². The fourth-order valence-electron chi connectivity index (χ4n) is 1.10. The third kappa shape index (κ3) is 5.36. The summed E-state index contributed by atoms with van der Waals surface area (Å²) in [6, 6.07) is 9.10. The van der Waals surface area contributed by atoms with Crippen molar-refractivity contribution in [3.8, 4) is 5.75 Å². The van der Waals surface area contributed by atoms with Crippen LogP contribution in [0, 0.1) is 0 Å². The van der Waals surface area contributed by atoms with Crippen molar-refractivity contribution < 1.29 is 19.4 Å². The molecule has 0 aliphatic rings. The van der Waals surface area contributed by atoms with Crippen LogP contribution in [0.15, 0.2) is 30.3 Å². The van der Waals surface area contributed by atoms with Crippen LogP contribution in [0.3, 0.4) is 0 Å². The number of carbonyl (C=O) groups excluding carboxylic acids is 1. The minimum absolute atomic E-state index is 0.0802. The fraction of sp³-hybridized carbons (Fsp3) is 0.417. The number of carbonyl (C=O) groups is 1. The second-order valence-corrected chi connectivity index (χ2v) is 3.25. The van der Waals surface area contributed by atoms with Crippen LogP contribution in [0.1, 0.15) is 12.8 Å². The molecule has 0 heterocycles. The highest BCUT2D eigenvalue weighted by Gasteiger charge is 2.03. The Morgan fingerprint density at radius 3 is 2.62 bits per heavy atom. The summed E-state index contributed by atoms with van der Waals surface area (Å²) in [6.07, 6.45) is 1.32. The van der Waals surface area contributed by atoms with Crippen LogP contribution in [-0.4, -0.2) is 30.9 Å². The Bertz CT molecular complexity index is 297. The van der Waals surface area contributed by atoms with Gasteiger partial charge in [0.05, 0.1) is 6.61 Å². The molecule has 4 nitrogen and oxygen atoms in total. The minimum atomic E-state index is -0.387. The summed E-state index contributed by atoms with van der Waals surface area (Å²) >= 11 is 0. The van der Waals surface area contributed by atoms with Gasteiger partial charge in [-0.05, 0) is 25.0 Å². The van der Waals surface area contributed by atoms with E-state index in [4.69, 9.17) is 14.6 Å². The first-order valence-corrected chi connectivity index (χ1v) is 5.27. The van der Waals surface area contributed by atoms with E-state index in [2.05, 4.69) is 0 Å². The van der Waals surface area contributed by atoms with Gasteiger partial charge in [-0.2, -0.15) is 0 Å². The minimum Gasteiger partial charge on any atom is -0.482 e. The number of aliphatic hydroxyl groups is 1. The number of rotatable bonds is 7. The molecule has 0 fully saturated rings. The highest BCUT2D eigenvalue weighted by molar-refractivity contribution is 5.71. The number of benzene rings is 1. The normalized spacial score (nSPS) is 9.81. The summed E-state index contributed by atoms with van der Waals surface area (Å²) < 4.78 is 10.1. The van der Waals surface area contributed by atoms with Gasteiger partial charge in [-0.15, -0.1) is 0 Å². The largest absolute Gasteiger partial charge is 0.482 e. The highest BCUT2D eigenvalue weighted by Crippen LogP contribution is 2.07. The van der Waals surface area contributed by atoms with Crippen LogP contribution in [0.2, 0.25) is 0 Å². The first kappa shape index (κ1) is 12.5. The number of para-hydroxylation sites is 1. The number of hydrogen-bond acceptors (Lipinski definition) is 4. The maximum atomic E-state index is 11.2. The maximum Gasteiger partial charge on any atom is 0.344 e. The lowest BCUT2D eigenvalue weighted by molar-refractivity contribution is -0.146. The monoisotopic (exact) mass is 224 g/mol. The summed E-state index contributed by atoms with van der Waals surface area (Å²) in [5.74, 6) is 0.261. The number of unbranched alkanes of at least 4 members (excludes halogenated alkanes) is 1. The highest BCUT2D eigenvalue weighted by atomic mass is 16.6. The molecule has 0 aliphatic heterocycles. The van der Waals surface area contributed by atoms with E-state index in [0.717, 1.165) is 0 Å². The molecule has 1 rings (SSSR count). The molecule has 0 amide bonds. The predicted octanol–water partition coefficient (Wildman–Crippen LogP) is 1.38. The van der Waals surface area contributed by atoms with Crippen LogP contribution in [0.25, 0.3) is 0 Å². The van der Waals surface area contributed by atoms with Crippen molar-refractivity contribution in [3.63, 3.8) is 0 Å². The summed E-state index contributed by atoms with van der Waals surface area (Å²) in [5.41, 5.74) is 0. The topological polar surface area (TPSA) is 55.8 Å². The summed E-state index contributed by atoms with van der Waals surface area (Å²) in [6.45, 7) is 0.374. The van der Waals surface area contributed by atoms with Gasteiger partial charge >= 0.3 is 5.97 Å². The lowest BCUT2D eigenvalue weighted by atomic mass is 10.3. The van der Waals surface area contributed by atoms with Crippen LogP contribution >= 0.6 is 0 Å². The predicted molar refractivity (Wildman–Crippen MR) is 59.2 cm³/mol. The summed E-state index contributed by atoms with van der Waals surface area (Å²) in [7, 11) is 0. The molecule has 0 aromatic heterocycles. The van der Waals surface area contributed by atoms with Gasteiger partial charge in [-0.3, -0.25) is 0 Å². The summed E-state index contributed by atoms with van der Waals surface area (Å²) in [4.78, 5) is 11.2. The van der Waals surface area contributed by atoms with E-state index in [1.54, 1.807) is 12.1 Å². The third-order valence-electron chi connectivity index (χ3n) is 1.92. The van der Waals surface area contributed by atoms with E-state index < -0.39 is 0 Å². The molecule has 1 N–H and O–H groups in total.